The normalized spacial score (nSPS) is 10.2. The maximum absolute atomic E-state index is 10.6. The Balaban J connectivity index is 0. The fourth-order valence-corrected chi connectivity index (χ4v) is 0.407. The number of alkyl halides is 3. The van der Waals surface area contributed by atoms with Crippen LogP contribution in [0.5, 0.6) is 0 Å². The van der Waals surface area contributed by atoms with Gasteiger partial charge in [-0.25, -0.2) is 4.79 Å². The molecule has 0 unspecified atom stereocenters. The van der Waals surface area contributed by atoms with E-state index < -0.39 is 12.1 Å². The Morgan fingerprint density at radius 2 is 1.57 bits per heavy atom. The topological polar surface area (TPSA) is 66.4 Å². The molecule has 0 aliphatic heterocycles. The number of hydrogen-bond donors (Lipinski definition) is 2. The van der Waals surface area contributed by atoms with E-state index in [1.807, 2.05) is 13.8 Å². The fourth-order valence-electron chi connectivity index (χ4n) is 0.407. The molecular formula is C7H12F3NO3. The van der Waals surface area contributed by atoms with Crippen LogP contribution in [0, 0.1) is 0 Å². The lowest BCUT2D eigenvalue weighted by atomic mass is 10.4. The summed E-state index contributed by atoms with van der Waals surface area (Å²) in [6.07, 6.45) is -5.08. The maximum atomic E-state index is 10.6. The van der Waals surface area contributed by atoms with Crippen molar-refractivity contribution < 1.29 is 27.9 Å². The zero-order chi connectivity index (χ0) is 11.9. The maximum Gasteiger partial charge on any atom is 0.490 e. The Labute approximate surface area is 79.1 Å². The van der Waals surface area contributed by atoms with E-state index in [-0.39, 0.29) is 11.9 Å². The molecule has 0 saturated carbocycles. The Morgan fingerprint density at radius 1 is 1.29 bits per heavy atom. The summed E-state index contributed by atoms with van der Waals surface area (Å²) in [7, 11) is 0. The molecule has 0 rings (SSSR count). The van der Waals surface area contributed by atoms with Crippen LogP contribution in [0.3, 0.4) is 0 Å². The first-order chi connectivity index (χ1) is 6.07. The molecule has 0 atom stereocenters. The average Bonchev–Trinajstić information content (AvgIpc) is 1.81. The SMILES string of the molecule is CC(=O)NC(C)C.O=C(O)C(F)(F)F. The molecule has 0 aromatic rings. The van der Waals surface area contributed by atoms with Crippen LogP contribution in [-0.2, 0) is 9.59 Å². The van der Waals surface area contributed by atoms with E-state index in [0.717, 1.165) is 0 Å². The molecule has 0 radical (unpaired) electrons. The number of halogens is 3. The number of amides is 1. The number of carbonyl (C=O) groups is 2. The number of nitrogens with one attached hydrogen (secondary N) is 1. The lowest BCUT2D eigenvalue weighted by Gasteiger charge is -2.02. The highest BCUT2D eigenvalue weighted by molar-refractivity contribution is 5.73. The van der Waals surface area contributed by atoms with Crippen LogP contribution in [0.15, 0.2) is 0 Å². The molecule has 1 amide bonds. The van der Waals surface area contributed by atoms with Gasteiger partial charge in [0.25, 0.3) is 0 Å². The first kappa shape index (κ1) is 15.2. The third kappa shape index (κ3) is 13.3. The second-order valence-electron chi connectivity index (χ2n) is 2.66. The molecule has 0 aliphatic carbocycles. The van der Waals surface area contributed by atoms with Crippen LogP contribution >= 0.6 is 0 Å². The van der Waals surface area contributed by atoms with Crippen molar-refractivity contribution in [2.75, 3.05) is 0 Å². The van der Waals surface area contributed by atoms with Gasteiger partial charge >= 0.3 is 12.1 Å². The van der Waals surface area contributed by atoms with Gasteiger partial charge in [0.1, 0.15) is 0 Å². The van der Waals surface area contributed by atoms with Gasteiger partial charge in [-0.2, -0.15) is 13.2 Å². The van der Waals surface area contributed by atoms with Gasteiger partial charge in [0.05, 0.1) is 0 Å². The number of carboxylic acid groups (broad SMARTS) is 1. The first-order valence-corrected chi connectivity index (χ1v) is 3.64. The van der Waals surface area contributed by atoms with Crippen molar-refractivity contribution >= 4 is 11.9 Å². The molecule has 0 aromatic heterocycles. The van der Waals surface area contributed by atoms with Gasteiger partial charge in [-0.3, -0.25) is 4.79 Å². The van der Waals surface area contributed by atoms with E-state index in [1.54, 1.807) is 0 Å². The van der Waals surface area contributed by atoms with Gasteiger partial charge in [-0.05, 0) is 13.8 Å². The molecule has 84 valence electrons. The minimum Gasteiger partial charge on any atom is -0.475 e. The van der Waals surface area contributed by atoms with Gasteiger partial charge in [-0.1, -0.05) is 0 Å². The third-order valence-corrected chi connectivity index (χ3v) is 0.734. The summed E-state index contributed by atoms with van der Waals surface area (Å²) in [5, 5.41) is 9.79. The predicted molar refractivity (Wildman–Crippen MR) is 42.6 cm³/mol. The molecule has 2 N–H and O–H groups in total. The van der Waals surface area contributed by atoms with Crippen LogP contribution in [0.1, 0.15) is 20.8 Å². The number of rotatable bonds is 1. The molecule has 0 heterocycles. The highest BCUT2D eigenvalue weighted by Crippen LogP contribution is 2.13. The molecule has 7 heteroatoms. The Morgan fingerprint density at radius 3 is 1.57 bits per heavy atom. The van der Waals surface area contributed by atoms with Crippen molar-refractivity contribution in [2.45, 2.75) is 33.0 Å². The van der Waals surface area contributed by atoms with E-state index in [0.29, 0.717) is 0 Å². The van der Waals surface area contributed by atoms with Crippen molar-refractivity contribution in [3.63, 3.8) is 0 Å². The Bertz CT molecular complexity index is 201. The van der Waals surface area contributed by atoms with Crippen molar-refractivity contribution in [3.05, 3.63) is 0 Å². The van der Waals surface area contributed by atoms with E-state index in [4.69, 9.17) is 9.90 Å². The van der Waals surface area contributed by atoms with Crippen LogP contribution < -0.4 is 5.32 Å². The third-order valence-electron chi connectivity index (χ3n) is 0.734. The fraction of sp³-hybridized carbons (Fsp3) is 0.714. The number of hydrogen-bond acceptors (Lipinski definition) is 2. The van der Waals surface area contributed by atoms with Crippen LogP contribution in [-0.4, -0.2) is 29.2 Å². The number of carbonyl (C=O) groups excluding carboxylic acids is 1. The highest BCUT2D eigenvalue weighted by atomic mass is 19.4. The summed E-state index contributed by atoms with van der Waals surface area (Å²) in [6, 6.07) is 0.275. The predicted octanol–water partition coefficient (Wildman–Crippen LogP) is 1.16. The zero-order valence-electron chi connectivity index (χ0n) is 7.97. The van der Waals surface area contributed by atoms with Gasteiger partial charge in [0.15, 0.2) is 0 Å². The number of aliphatic carboxylic acids is 1. The quantitative estimate of drug-likeness (QED) is 0.689. The average molecular weight is 215 g/mol. The minimum atomic E-state index is -5.08. The van der Waals surface area contributed by atoms with Crippen LogP contribution in [0.2, 0.25) is 0 Å². The lowest BCUT2D eigenvalue weighted by Crippen LogP contribution is -2.27. The molecule has 0 saturated heterocycles. The standard InChI is InChI=1S/C5H11NO.C2HF3O2/c1-4(2)6-5(3)7;3-2(4,5)1(6)7/h4H,1-3H3,(H,6,7);(H,6,7). The second kappa shape index (κ2) is 6.22. The molecule has 0 aromatic carbocycles. The molecule has 0 fully saturated rings. The van der Waals surface area contributed by atoms with E-state index >= 15 is 0 Å². The lowest BCUT2D eigenvalue weighted by molar-refractivity contribution is -0.192. The van der Waals surface area contributed by atoms with Crippen molar-refractivity contribution in [2.24, 2.45) is 0 Å². The smallest absolute Gasteiger partial charge is 0.475 e. The van der Waals surface area contributed by atoms with Crippen LogP contribution in [0.25, 0.3) is 0 Å². The minimum absolute atomic E-state index is 0.0370. The monoisotopic (exact) mass is 215 g/mol. The van der Waals surface area contributed by atoms with Crippen molar-refractivity contribution in [1.82, 2.24) is 5.32 Å². The van der Waals surface area contributed by atoms with E-state index in [2.05, 4.69) is 5.32 Å². The van der Waals surface area contributed by atoms with Gasteiger partial charge in [-0.15, -0.1) is 0 Å². The second-order valence-corrected chi connectivity index (χ2v) is 2.66. The largest absolute Gasteiger partial charge is 0.490 e. The summed E-state index contributed by atoms with van der Waals surface area (Å²) in [5.41, 5.74) is 0. The Hall–Kier alpha value is -1.27. The molecule has 0 aliphatic rings. The molecule has 0 bridgehead atoms. The molecular weight excluding hydrogens is 203 g/mol. The van der Waals surface area contributed by atoms with Gasteiger partial charge < -0.3 is 10.4 Å². The Kier molecular flexibility index (Phi) is 6.76. The number of carboxylic acids is 1. The summed E-state index contributed by atoms with van der Waals surface area (Å²) in [5.74, 6) is -2.72. The van der Waals surface area contributed by atoms with Crippen molar-refractivity contribution in [1.29, 1.82) is 0 Å². The van der Waals surface area contributed by atoms with E-state index in [9.17, 15) is 18.0 Å². The first-order valence-electron chi connectivity index (χ1n) is 3.64. The summed E-state index contributed by atoms with van der Waals surface area (Å²) >= 11 is 0. The summed E-state index contributed by atoms with van der Waals surface area (Å²) < 4.78 is 31.7. The van der Waals surface area contributed by atoms with Gasteiger partial charge in [0, 0.05) is 13.0 Å². The van der Waals surface area contributed by atoms with Crippen LogP contribution in [0.4, 0.5) is 13.2 Å². The summed E-state index contributed by atoms with van der Waals surface area (Å²) in [4.78, 5) is 19.0. The molecule has 0 spiro atoms. The van der Waals surface area contributed by atoms with Crippen molar-refractivity contribution in [3.8, 4) is 0 Å². The summed E-state index contributed by atoms with van der Waals surface area (Å²) in [6.45, 7) is 5.38. The van der Waals surface area contributed by atoms with E-state index in [1.165, 1.54) is 6.92 Å². The molecule has 4 nitrogen and oxygen atoms in total. The van der Waals surface area contributed by atoms with Gasteiger partial charge in [0.2, 0.25) is 5.91 Å². The molecule has 14 heavy (non-hydrogen) atoms. The highest BCUT2D eigenvalue weighted by Gasteiger charge is 2.38. The zero-order valence-corrected chi connectivity index (χ0v) is 7.97.